The van der Waals surface area contributed by atoms with Crippen LogP contribution in [0.15, 0.2) is 18.2 Å². The Hall–Kier alpha value is -0.970. The lowest BCUT2D eigenvalue weighted by Gasteiger charge is -2.05. The number of rotatable bonds is 3. The van der Waals surface area contributed by atoms with Crippen molar-refractivity contribution in [2.75, 3.05) is 6.61 Å². The van der Waals surface area contributed by atoms with Gasteiger partial charge >= 0.3 is 0 Å². The molecular formula is C8H8Cl2N2O2. The molecule has 14 heavy (non-hydrogen) atoms. The summed E-state index contributed by atoms with van der Waals surface area (Å²) in [7, 11) is 0. The van der Waals surface area contributed by atoms with E-state index in [1.54, 1.807) is 12.1 Å². The van der Waals surface area contributed by atoms with Gasteiger partial charge in [-0.2, -0.15) is 0 Å². The second-order valence-corrected chi connectivity index (χ2v) is 3.25. The molecule has 0 aliphatic rings. The summed E-state index contributed by atoms with van der Waals surface area (Å²) in [5.41, 5.74) is 1.94. The van der Waals surface area contributed by atoms with Crippen LogP contribution in [0.3, 0.4) is 0 Å². The maximum atomic E-state index is 10.7. The number of carbonyl (C=O) groups is 1. The van der Waals surface area contributed by atoms with E-state index in [1.165, 1.54) is 6.07 Å². The molecule has 4 nitrogen and oxygen atoms in total. The van der Waals surface area contributed by atoms with Gasteiger partial charge in [0.25, 0.3) is 5.91 Å². The van der Waals surface area contributed by atoms with E-state index in [1.807, 2.05) is 5.43 Å². The molecule has 0 aliphatic carbocycles. The molecule has 0 bridgehead atoms. The quantitative estimate of drug-likeness (QED) is 0.472. The van der Waals surface area contributed by atoms with Gasteiger partial charge < -0.3 is 4.74 Å². The number of halogens is 2. The van der Waals surface area contributed by atoms with E-state index in [0.29, 0.717) is 15.8 Å². The van der Waals surface area contributed by atoms with Crippen LogP contribution in [0.4, 0.5) is 0 Å². The van der Waals surface area contributed by atoms with Gasteiger partial charge in [0, 0.05) is 6.07 Å². The first-order valence-corrected chi connectivity index (χ1v) is 4.46. The van der Waals surface area contributed by atoms with Gasteiger partial charge in [-0.05, 0) is 12.1 Å². The second-order valence-electron chi connectivity index (χ2n) is 2.43. The Morgan fingerprint density at radius 1 is 1.43 bits per heavy atom. The van der Waals surface area contributed by atoms with Gasteiger partial charge in [-0.3, -0.25) is 10.2 Å². The van der Waals surface area contributed by atoms with Crippen molar-refractivity contribution >= 4 is 29.1 Å². The molecule has 0 fully saturated rings. The van der Waals surface area contributed by atoms with Crippen molar-refractivity contribution in [2.45, 2.75) is 0 Å². The van der Waals surface area contributed by atoms with Gasteiger partial charge in [0.1, 0.15) is 5.75 Å². The molecule has 1 aromatic rings. The number of nitrogens with one attached hydrogen (secondary N) is 1. The average Bonchev–Trinajstić information content (AvgIpc) is 2.19. The largest absolute Gasteiger partial charge is 0.484 e. The average molecular weight is 235 g/mol. The fourth-order valence-electron chi connectivity index (χ4n) is 0.757. The van der Waals surface area contributed by atoms with Crippen molar-refractivity contribution in [3.05, 3.63) is 28.2 Å². The van der Waals surface area contributed by atoms with Crippen molar-refractivity contribution < 1.29 is 9.53 Å². The minimum atomic E-state index is -0.420. The molecule has 0 heterocycles. The molecule has 0 saturated heterocycles. The Morgan fingerprint density at radius 3 is 2.71 bits per heavy atom. The Kier molecular flexibility index (Phi) is 4.00. The Labute approximate surface area is 90.9 Å². The molecule has 1 amide bonds. The summed E-state index contributed by atoms with van der Waals surface area (Å²) in [5.74, 6) is 4.90. The third kappa shape index (κ3) is 3.06. The maximum absolute atomic E-state index is 10.7. The molecule has 0 atom stereocenters. The topological polar surface area (TPSA) is 64.3 Å². The summed E-state index contributed by atoms with van der Waals surface area (Å²) in [6, 6.07) is 4.71. The SMILES string of the molecule is NNC(=O)COc1ccc(Cl)c(Cl)c1. The molecule has 0 radical (unpaired) electrons. The summed E-state index contributed by atoms with van der Waals surface area (Å²) >= 11 is 11.4. The van der Waals surface area contributed by atoms with Gasteiger partial charge in [0.2, 0.25) is 0 Å². The summed E-state index contributed by atoms with van der Waals surface area (Å²) in [6.45, 7) is -0.158. The highest BCUT2D eigenvalue weighted by molar-refractivity contribution is 6.42. The molecular weight excluding hydrogens is 227 g/mol. The molecule has 0 aromatic heterocycles. The molecule has 6 heteroatoms. The number of hydrazine groups is 1. The molecule has 0 saturated carbocycles. The number of benzene rings is 1. The summed E-state index contributed by atoms with van der Waals surface area (Å²) in [6.07, 6.45) is 0. The highest BCUT2D eigenvalue weighted by atomic mass is 35.5. The van der Waals surface area contributed by atoms with Gasteiger partial charge in [-0.1, -0.05) is 23.2 Å². The van der Waals surface area contributed by atoms with Crippen LogP contribution in [0.25, 0.3) is 0 Å². The van der Waals surface area contributed by atoms with Crippen LogP contribution in [0, 0.1) is 0 Å². The van der Waals surface area contributed by atoms with Crippen LogP contribution in [0.2, 0.25) is 10.0 Å². The van der Waals surface area contributed by atoms with E-state index < -0.39 is 5.91 Å². The number of ether oxygens (including phenoxy) is 1. The molecule has 1 rings (SSSR count). The minimum absolute atomic E-state index is 0.158. The van der Waals surface area contributed by atoms with Gasteiger partial charge in [0.05, 0.1) is 10.0 Å². The number of hydrogen-bond acceptors (Lipinski definition) is 3. The number of amides is 1. The maximum Gasteiger partial charge on any atom is 0.271 e. The third-order valence-corrected chi connectivity index (χ3v) is 2.16. The molecule has 3 N–H and O–H groups in total. The number of nitrogens with two attached hydrogens (primary N) is 1. The van der Waals surface area contributed by atoms with Crippen LogP contribution < -0.4 is 16.0 Å². The Morgan fingerprint density at radius 2 is 2.14 bits per heavy atom. The van der Waals surface area contributed by atoms with Crippen LogP contribution in [0.5, 0.6) is 5.75 Å². The highest BCUT2D eigenvalue weighted by Crippen LogP contribution is 2.26. The lowest BCUT2D eigenvalue weighted by atomic mass is 10.3. The van der Waals surface area contributed by atoms with Gasteiger partial charge in [-0.25, -0.2) is 5.84 Å². The monoisotopic (exact) mass is 234 g/mol. The van der Waals surface area contributed by atoms with Crippen molar-refractivity contribution in [2.24, 2.45) is 5.84 Å². The van der Waals surface area contributed by atoms with Crippen LogP contribution >= 0.6 is 23.2 Å². The Balaban J connectivity index is 2.60. The van der Waals surface area contributed by atoms with Crippen molar-refractivity contribution in [3.8, 4) is 5.75 Å². The van der Waals surface area contributed by atoms with E-state index in [2.05, 4.69) is 0 Å². The molecule has 0 aliphatic heterocycles. The first kappa shape index (κ1) is 11.1. The van der Waals surface area contributed by atoms with Crippen molar-refractivity contribution in [1.29, 1.82) is 0 Å². The molecule has 1 aromatic carbocycles. The normalized spacial score (nSPS) is 9.64. The first-order chi connectivity index (χ1) is 6.63. The summed E-state index contributed by atoms with van der Waals surface area (Å²) < 4.78 is 5.06. The zero-order valence-electron chi connectivity index (χ0n) is 7.09. The number of hydrogen-bond donors (Lipinski definition) is 2. The third-order valence-electron chi connectivity index (χ3n) is 1.42. The van der Waals surface area contributed by atoms with Gasteiger partial charge in [-0.15, -0.1) is 0 Å². The van der Waals surface area contributed by atoms with E-state index in [9.17, 15) is 4.79 Å². The predicted octanol–water partition coefficient (Wildman–Crippen LogP) is 1.36. The van der Waals surface area contributed by atoms with E-state index in [0.717, 1.165) is 0 Å². The fourth-order valence-corrected chi connectivity index (χ4v) is 1.05. The van der Waals surface area contributed by atoms with Crippen LogP contribution in [-0.2, 0) is 4.79 Å². The van der Waals surface area contributed by atoms with E-state index in [4.69, 9.17) is 33.8 Å². The standard InChI is InChI=1S/C8H8Cl2N2O2/c9-6-2-1-5(3-7(6)10)14-4-8(13)12-11/h1-3H,4,11H2,(H,12,13). The summed E-state index contributed by atoms with van der Waals surface area (Å²) in [4.78, 5) is 10.7. The number of carbonyl (C=O) groups excluding carboxylic acids is 1. The van der Waals surface area contributed by atoms with Crippen LogP contribution in [0.1, 0.15) is 0 Å². The lowest BCUT2D eigenvalue weighted by Crippen LogP contribution is -2.34. The predicted molar refractivity (Wildman–Crippen MR) is 54.3 cm³/mol. The molecule has 76 valence electrons. The summed E-state index contributed by atoms with van der Waals surface area (Å²) in [5, 5.41) is 0.805. The first-order valence-electron chi connectivity index (χ1n) is 3.71. The van der Waals surface area contributed by atoms with Crippen LogP contribution in [-0.4, -0.2) is 12.5 Å². The van der Waals surface area contributed by atoms with Gasteiger partial charge in [0.15, 0.2) is 6.61 Å². The minimum Gasteiger partial charge on any atom is -0.484 e. The van der Waals surface area contributed by atoms with Crippen molar-refractivity contribution in [1.82, 2.24) is 5.43 Å². The zero-order chi connectivity index (χ0) is 10.6. The second kappa shape index (κ2) is 5.05. The smallest absolute Gasteiger partial charge is 0.271 e. The highest BCUT2D eigenvalue weighted by Gasteiger charge is 2.02. The molecule has 0 spiro atoms. The fraction of sp³-hybridized carbons (Fsp3) is 0.125. The van der Waals surface area contributed by atoms with E-state index in [-0.39, 0.29) is 6.61 Å². The zero-order valence-corrected chi connectivity index (χ0v) is 8.60. The van der Waals surface area contributed by atoms with Crippen molar-refractivity contribution in [3.63, 3.8) is 0 Å². The lowest BCUT2D eigenvalue weighted by molar-refractivity contribution is -0.123. The molecule has 0 unspecified atom stereocenters. The van der Waals surface area contributed by atoms with E-state index >= 15 is 0 Å². The Bertz CT molecular complexity index is 344.